The van der Waals surface area contributed by atoms with Crippen LogP contribution in [0.5, 0.6) is 0 Å². The second kappa shape index (κ2) is 6.55. The third kappa shape index (κ3) is 4.79. The molecule has 1 aromatic rings. The van der Waals surface area contributed by atoms with Gasteiger partial charge in [-0.1, -0.05) is 18.2 Å². The van der Waals surface area contributed by atoms with Crippen molar-refractivity contribution in [3.05, 3.63) is 35.6 Å². The normalized spacial score (nSPS) is 11.7. The number of carbonyl (C=O) groups excluding carboxylic acids is 2. The van der Waals surface area contributed by atoms with Crippen molar-refractivity contribution in [2.75, 3.05) is 6.61 Å². The molecule has 7 heteroatoms. The van der Waals surface area contributed by atoms with Crippen LogP contribution in [0.15, 0.2) is 24.3 Å². The quantitative estimate of drug-likeness (QED) is 0.728. The largest absolute Gasteiger partial charge is 0.448 e. The number of ether oxygens (including phenoxy) is 1. The Balaban J connectivity index is 2.38. The van der Waals surface area contributed by atoms with E-state index in [0.717, 1.165) is 0 Å². The molecule has 0 saturated heterocycles. The topological polar surface area (TPSA) is 107 Å². The number of alkyl carbamates (subject to hydrolysis) is 1. The van der Waals surface area contributed by atoms with Crippen LogP contribution in [-0.4, -0.2) is 24.8 Å². The van der Waals surface area contributed by atoms with E-state index in [9.17, 15) is 14.0 Å². The molecule has 6 nitrogen and oxygen atoms in total. The van der Waals surface area contributed by atoms with Crippen molar-refractivity contribution in [1.29, 1.82) is 0 Å². The number of carbonyl (C=O) groups is 2. The number of benzene rings is 1. The molecular formula is C11H14FN3O3. The van der Waals surface area contributed by atoms with Gasteiger partial charge in [-0.25, -0.2) is 19.3 Å². The highest BCUT2D eigenvalue weighted by molar-refractivity contribution is 5.89. The van der Waals surface area contributed by atoms with Gasteiger partial charge in [-0.15, -0.1) is 0 Å². The first-order chi connectivity index (χ1) is 8.49. The van der Waals surface area contributed by atoms with Crippen molar-refractivity contribution >= 4 is 12.1 Å². The Bertz CT molecular complexity index is 439. The number of halogens is 1. The first-order valence-corrected chi connectivity index (χ1v) is 5.21. The first-order valence-electron chi connectivity index (χ1n) is 5.21. The molecule has 0 aliphatic heterocycles. The lowest BCUT2D eigenvalue weighted by atomic mass is 10.1. The summed E-state index contributed by atoms with van der Waals surface area (Å²) in [6.45, 7) is -0.145. The van der Waals surface area contributed by atoms with E-state index in [-0.39, 0.29) is 18.8 Å². The molecular weight excluding hydrogens is 241 g/mol. The molecule has 0 aliphatic carbocycles. The number of hydrogen-bond donors (Lipinski definition) is 3. The van der Waals surface area contributed by atoms with E-state index < -0.39 is 18.2 Å². The lowest BCUT2D eigenvalue weighted by Gasteiger charge is -2.12. The predicted molar refractivity (Wildman–Crippen MR) is 62.1 cm³/mol. The Morgan fingerprint density at radius 2 is 2.06 bits per heavy atom. The minimum absolute atomic E-state index is 0.145. The van der Waals surface area contributed by atoms with Crippen LogP contribution in [0.25, 0.3) is 0 Å². The SMILES string of the molecule is NC(=O)NC(=O)OCC(N)Cc1ccccc1F. The van der Waals surface area contributed by atoms with E-state index in [2.05, 4.69) is 4.74 Å². The van der Waals surface area contributed by atoms with Crippen LogP contribution in [0.2, 0.25) is 0 Å². The van der Waals surface area contributed by atoms with Gasteiger partial charge in [-0.3, -0.25) is 0 Å². The van der Waals surface area contributed by atoms with Gasteiger partial charge in [0.15, 0.2) is 0 Å². The molecule has 3 amide bonds. The summed E-state index contributed by atoms with van der Waals surface area (Å²) in [6.07, 6.45) is -0.761. The average Bonchev–Trinajstić information content (AvgIpc) is 2.29. The molecule has 1 rings (SSSR count). The first kappa shape index (κ1) is 13.9. The maximum atomic E-state index is 13.3. The Morgan fingerprint density at radius 3 is 2.67 bits per heavy atom. The van der Waals surface area contributed by atoms with Crippen molar-refractivity contribution in [3.63, 3.8) is 0 Å². The highest BCUT2D eigenvalue weighted by Gasteiger charge is 2.11. The zero-order valence-corrected chi connectivity index (χ0v) is 9.56. The summed E-state index contributed by atoms with van der Waals surface area (Å²) in [7, 11) is 0. The maximum Gasteiger partial charge on any atom is 0.415 e. The molecule has 0 heterocycles. The maximum absolute atomic E-state index is 13.3. The molecule has 1 aromatic carbocycles. The van der Waals surface area contributed by atoms with Gasteiger partial charge in [-0.2, -0.15) is 0 Å². The van der Waals surface area contributed by atoms with E-state index in [1.54, 1.807) is 23.5 Å². The van der Waals surface area contributed by atoms with Gasteiger partial charge in [0.25, 0.3) is 0 Å². The van der Waals surface area contributed by atoms with E-state index >= 15 is 0 Å². The summed E-state index contributed by atoms with van der Waals surface area (Å²) in [5.74, 6) is -0.366. The minimum Gasteiger partial charge on any atom is -0.448 e. The van der Waals surface area contributed by atoms with Crippen LogP contribution < -0.4 is 16.8 Å². The van der Waals surface area contributed by atoms with Gasteiger partial charge in [0.1, 0.15) is 12.4 Å². The average molecular weight is 255 g/mol. The summed E-state index contributed by atoms with van der Waals surface area (Å²) < 4.78 is 17.9. The van der Waals surface area contributed by atoms with Crippen molar-refractivity contribution < 1.29 is 18.7 Å². The summed E-state index contributed by atoms with van der Waals surface area (Å²) in [4.78, 5) is 21.2. The van der Waals surface area contributed by atoms with Crippen LogP contribution in [-0.2, 0) is 11.2 Å². The van der Waals surface area contributed by atoms with Crippen LogP contribution in [0, 0.1) is 5.82 Å². The van der Waals surface area contributed by atoms with Crippen LogP contribution in [0.1, 0.15) is 5.56 Å². The van der Waals surface area contributed by atoms with E-state index in [1.807, 2.05) is 0 Å². The van der Waals surface area contributed by atoms with E-state index in [4.69, 9.17) is 11.5 Å². The van der Waals surface area contributed by atoms with E-state index in [0.29, 0.717) is 5.56 Å². The molecule has 1 unspecified atom stereocenters. The van der Waals surface area contributed by atoms with Crippen LogP contribution in [0.4, 0.5) is 14.0 Å². The van der Waals surface area contributed by atoms with E-state index in [1.165, 1.54) is 6.07 Å². The molecule has 0 saturated carbocycles. The standard InChI is InChI=1S/C11H14FN3O3/c12-9-4-2-1-3-7(9)5-8(13)6-18-11(17)15-10(14)16/h1-4,8H,5-6,13H2,(H3,14,15,16,17). The Kier molecular flexibility index (Phi) is 5.06. The molecule has 98 valence electrons. The Morgan fingerprint density at radius 1 is 1.39 bits per heavy atom. The number of primary amides is 1. The molecule has 0 radical (unpaired) electrons. The number of imide groups is 1. The summed E-state index contributed by atoms with van der Waals surface area (Å²) in [6, 6.07) is 4.59. The number of hydrogen-bond acceptors (Lipinski definition) is 4. The van der Waals surface area contributed by atoms with Crippen molar-refractivity contribution in [3.8, 4) is 0 Å². The monoisotopic (exact) mass is 255 g/mol. The fraction of sp³-hybridized carbons (Fsp3) is 0.273. The fourth-order valence-electron chi connectivity index (χ4n) is 1.32. The number of amides is 3. The molecule has 0 bridgehead atoms. The Labute approximate surface area is 103 Å². The zero-order valence-electron chi connectivity index (χ0n) is 9.56. The molecule has 0 fully saturated rings. The smallest absolute Gasteiger partial charge is 0.415 e. The third-order valence-corrected chi connectivity index (χ3v) is 2.09. The molecule has 18 heavy (non-hydrogen) atoms. The molecule has 0 aromatic heterocycles. The van der Waals surface area contributed by atoms with Gasteiger partial charge >= 0.3 is 12.1 Å². The molecule has 0 aliphatic rings. The summed E-state index contributed by atoms with van der Waals surface area (Å²) in [5, 5.41) is 1.72. The highest BCUT2D eigenvalue weighted by atomic mass is 19.1. The highest BCUT2D eigenvalue weighted by Crippen LogP contribution is 2.08. The third-order valence-electron chi connectivity index (χ3n) is 2.09. The van der Waals surface area contributed by atoms with Gasteiger partial charge in [-0.05, 0) is 18.1 Å². The van der Waals surface area contributed by atoms with Crippen molar-refractivity contribution in [1.82, 2.24) is 5.32 Å². The number of urea groups is 1. The predicted octanol–water partition coefficient (Wildman–Crippen LogP) is 0.500. The number of nitrogens with two attached hydrogens (primary N) is 2. The Hall–Kier alpha value is -2.15. The number of nitrogens with one attached hydrogen (secondary N) is 1. The fourth-order valence-corrected chi connectivity index (χ4v) is 1.32. The second-order valence-corrected chi connectivity index (χ2v) is 3.64. The minimum atomic E-state index is -1.01. The molecule has 5 N–H and O–H groups in total. The van der Waals surface area contributed by atoms with Gasteiger partial charge in [0.05, 0.1) is 0 Å². The molecule has 1 atom stereocenters. The molecule has 0 spiro atoms. The second-order valence-electron chi connectivity index (χ2n) is 3.64. The summed E-state index contributed by atoms with van der Waals surface area (Å²) >= 11 is 0. The van der Waals surface area contributed by atoms with Gasteiger partial charge in [0, 0.05) is 6.04 Å². The van der Waals surface area contributed by atoms with Crippen LogP contribution in [0.3, 0.4) is 0 Å². The lowest BCUT2D eigenvalue weighted by Crippen LogP contribution is -2.38. The van der Waals surface area contributed by atoms with Gasteiger partial charge < -0.3 is 16.2 Å². The number of rotatable bonds is 4. The van der Waals surface area contributed by atoms with Crippen molar-refractivity contribution in [2.24, 2.45) is 11.5 Å². The van der Waals surface area contributed by atoms with Crippen LogP contribution >= 0.6 is 0 Å². The van der Waals surface area contributed by atoms with Crippen molar-refractivity contribution in [2.45, 2.75) is 12.5 Å². The lowest BCUT2D eigenvalue weighted by molar-refractivity contribution is 0.140. The zero-order chi connectivity index (χ0) is 13.5. The van der Waals surface area contributed by atoms with Gasteiger partial charge in [0.2, 0.25) is 0 Å². The summed E-state index contributed by atoms with van der Waals surface area (Å²) in [5.41, 5.74) is 10.8.